The van der Waals surface area contributed by atoms with Crippen LogP contribution in [0, 0.1) is 5.92 Å². The minimum atomic E-state index is -0.777. The summed E-state index contributed by atoms with van der Waals surface area (Å²) in [6.07, 6.45) is 5.37. The Balaban J connectivity index is 2.28. The van der Waals surface area contributed by atoms with Crippen LogP contribution in [0.5, 0.6) is 0 Å². The third-order valence-corrected chi connectivity index (χ3v) is 4.64. The van der Waals surface area contributed by atoms with Crippen molar-refractivity contribution in [3.8, 4) is 0 Å². The molecule has 1 fully saturated rings. The Morgan fingerprint density at radius 1 is 1.37 bits per heavy atom. The summed E-state index contributed by atoms with van der Waals surface area (Å²) in [5, 5.41) is 12.1. The summed E-state index contributed by atoms with van der Waals surface area (Å²) in [7, 11) is 1.72. The Bertz CT molecular complexity index is 296. The first-order valence-electron chi connectivity index (χ1n) is 7.55. The Morgan fingerprint density at radius 2 is 2.05 bits per heavy atom. The van der Waals surface area contributed by atoms with Crippen molar-refractivity contribution in [2.75, 3.05) is 20.1 Å². The number of likely N-dealkylation sites (N-methyl/N-ethyl adjacent to an activating group) is 1. The first-order valence-corrected chi connectivity index (χ1v) is 7.55. The Labute approximate surface area is 117 Å². The van der Waals surface area contributed by atoms with E-state index in [0.29, 0.717) is 12.5 Å². The quantitative estimate of drug-likeness (QED) is 0.697. The van der Waals surface area contributed by atoms with Crippen LogP contribution >= 0.6 is 0 Å². The van der Waals surface area contributed by atoms with E-state index in [1.165, 1.54) is 19.4 Å². The zero-order valence-electron chi connectivity index (χ0n) is 12.9. The number of carbonyl (C=O) groups is 1. The number of unbranched alkanes of at least 4 members (excludes halogenated alkanes) is 1. The van der Waals surface area contributed by atoms with Crippen LogP contribution in [0.25, 0.3) is 0 Å². The van der Waals surface area contributed by atoms with E-state index in [9.17, 15) is 9.90 Å². The van der Waals surface area contributed by atoms with Crippen molar-refractivity contribution in [2.24, 2.45) is 5.92 Å². The van der Waals surface area contributed by atoms with Gasteiger partial charge in [0, 0.05) is 12.6 Å². The van der Waals surface area contributed by atoms with Crippen molar-refractivity contribution in [2.45, 2.75) is 64.5 Å². The minimum absolute atomic E-state index is 0.686. The maximum Gasteiger partial charge on any atom is 0.323 e. The Hall–Kier alpha value is -0.610. The molecule has 1 heterocycles. The summed E-state index contributed by atoms with van der Waals surface area (Å²) >= 11 is 0. The van der Waals surface area contributed by atoms with Gasteiger partial charge in [-0.15, -0.1) is 0 Å². The van der Waals surface area contributed by atoms with Crippen molar-refractivity contribution >= 4 is 5.97 Å². The predicted molar refractivity (Wildman–Crippen MR) is 78.4 cm³/mol. The lowest BCUT2D eigenvalue weighted by Gasteiger charge is -2.37. The van der Waals surface area contributed by atoms with E-state index < -0.39 is 11.5 Å². The summed E-state index contributed by atoms with van der Waals surface area (Å²) in [5.74, 6) is 0.0488. The van der Waals surface area contributed by atoms with Gasteiger partial charge in [-0.1, -0.05) is 6.92 Å². The Morgan fingerprint density at radius 3 is 2.63 bits per heavy atom. The molecule has 1 saturated heterocycles. The zero-order valence-corrected chi connectivity index (χ0v) is 12.9. The molecule has 3 atom stereocenters. The summed E-state index contributed by atoms with van der Waals surface area (Å²) in [4.78, 5) is 13.7. The van der Waals surface area contributed by atoms with Gasteiger partial charge >= 0.3 is 5.97 Å². The first-order chi connectivity index (χ1) is 8.89. The molecule has 0 amide bonds. The summed E-state index contributed by atoms with van der Waals surface area (Å²) in [5.41, 5.74) is -0.777. The number of hydrogen-bond acceptors (Lipinski definition) is 3. The van der Waals surface area contributed by atoms with Gasteiger partial charge in [0.15, 0.2) is 0 Å². The van der Waals surface area contributed by atoms with E-state index in [4.69, 9.17) is 0 Å². The molecule has 2 N–H and O–H groups in total. The number of piperidine rings is 1. The molecule has 1 aliphatic rings. The fourth-order valence-corrected chi connectivity index (χ4v) is 2.82. The van der Waals surface area contributed by atoms with Crippen molar-refractivity contribution < 1.29 is 9.90 Å². The molecule has 3 unspecified atom stereocenters. The fraction of sp³-hybridized carbons (Fsp3) is 0.933. The van der Waals surface area contributed by atoms with Gasteiger partial charge in [-0.25, -0.2) is 0 Å². The maximum absolute atomic E-state index is 11.2. The molecule has 1 aliphatic heterocycles. The second kappa shape index (κ2) is 7.25. The molecule has 0 spiro atoms. The smallest absolute Gasteiger partial charge is 0.323 e. The summed E-state index contributed by atoms with van der Waals surface area (Å²) in [6.45, 7) is 8.69. The average molecular weight is 270 g/mol. The number of rotatable bonds is 7. The average Bonchev–Trinajstić information content (AvgIpc) is 2.38. The topological polar surface area (TPSA) is 52.6 Å². The molecule has 0 aromatic carbocycles. The molecular weight excluding hydrogens is 240 g/mol. The van der Waals surface area contributed by atoms with Crippen LogP contribution in [0.2, 0.25) is 0 Å². The highest BCUT2D eigenvalue weighted by Crippen LogP contribution is 2.22. The molecule has 0 aromatic heterocycles. The standard InChI is InChI=1S/C15H30N2O2/c1-12-7-8-13(2)17(11-12)10-6-5-9-15(3,16-4)14(18)19/h12-13,16H,5-11H2,1-4H3,(H,18,19). The van der Waals surface area contributed by atoms with E-state index in [2.05, 4.69) is 24.1 Å². The Kier molecular flexibility index (Phi) is 6.27. The maximum atomic E-state index is 11.2. The molecule has 112 valence electrons. The molecule has 1 rings (SSSR count). The van der Waals surface area contributed by atoms with Crippen LogP contribution < -0.4 is 5.32 Å². The normalized spacial score (nSPS) is 28.0. The van der Waals surface area contributed by atoms with Crippen LogP contribution in [0.15, 0.2) is 0 Å². The largest absolute Gasteiger partial charge is 0.480 e. The SMILES string of the molecule is CNC(C)(CCCCN1CC(C)CCC1C)C(=O)O. The molecule has 0 bridgehead atoms. The van der Waals surface area contributed by atoms with E-state index in [0.717, 1.165) is 25.3 Å². The van der Waals surface area contributed by atoms with Crippen molar-refractivity contribution in [3.63, 3.8) is 0 Å². The lowest BCUT2D eigenvalue weighted by Crippen LogP contribution is -2.47. The van der Waals surface area contributed by atoms with Crippen LogP contribution in [-0.4, -0.2) is 47.7 Å². The van der Waals surface area contributed by atoms with Gasteiger partial charge in [0.05, 0.1) is 0 Å². The third-order valence-electron chi connectivity index (χ3n) is 4.64. The van der Waals surface area contributed by atoms with Gasteiger partial charge in [-0.2, -0.15) is 0 Å². The molecule has 0 radical (unpaired) electrons. The number of nitrogens with zero attached hydrogens (tertiary/aromatic N) is 1. The van der Waals surface area contributed by atoms with E-state index in [-0.39, 0.29) is 0 Å². The van der Waals surface area contributed by atoms with Crippen molar-refractivity contribution in [3.05, 3.63) is 0 Å². The summed E-state index contributed by atoms with van der Waals surface area (Å²) < 4.78 is 0. The van der Waals surface area contributed by atoms with Gasteiger partial charge in [0.2, 0.25) is 0 Å². The number of hydrogen-bond donors (Lipinski definition) is 2. The molecular formula is C15H30N2O2. The van der Waals surface area contributed by atoms with Gasteiger partial charge in [0.1, 0.15) is 5.54 Å². The number of carboxylic acids is 1. The number of nitrogens with one attached hydrogen (secondary N) is 1. The number of carboxylic acid groups (broad SMARTS) is 1. The lowest BCUT2D eigenvalue weighted by atomic mass is 9.93. The monoisotopic (exact) mass is 270 g/mol. The highest BCUT2D eigenvalue weighted by Gasteiger charge is 2.30. The molecule has 4 heteroatoms. The minimum Gasteiger partial charge on any atom is -0.480 e. The van der Waals surface area contributed by atoms with Crippen LogP contribution in [-0.2, 0) is 4.79 Å². The molecule has 0 saturated carbocycles. The highest BCUT2D eigenvalue weighted by molar-refractivity contribution is 5.78. The van der Waals surface area contributed by atoms with Crippen LogP contribution in [0.1, 0.15) is 52.9 Å². The second-order valence-electron chi connectivity index (χ2n) is 6.37. The van der Waals surface area contributed by atoms with Crippen molar-refractivity contribution in [1.82, 2.24) is 10.2 Å². The fourth-order valence-electron chi connectivity index (χ4n) is 2.82. The van der Waals surface area contributed by atoms with Gasteiger partial charge < -0.3 is 15.3 Å². The number of likely N-dealkylation sites (tertiary alicyclic amines) is 1. The van der Waals surface area contributed by atoms with E-state index in [1.807, 2.05) is 0 Å². The molecule has 0 aromatic rings. The van der Waals surface area contributed by atoms with Gasteiger partial charge in [0.25, 0.3) is 0 Å². The van der Waals surface area contributed by atoms with Crippen molar-refractivity contribution in [1.29, 1.82) is 0 Å². The number of aliphatic carboxylic acids is 1. The van der Waals surface area contributed by atoms with E-state index >= 15 is 0 Å². The van der Waals surface area contributed by atoms with Crippen LogP contribution in [0.3, 0.4) is 0 Å². The molecule has 0 aliphatic carbocycles. The first kappa shape index (κ1) is 16.4. The molecule has 19 heavy (non-hydrogen) atoms. The predicted octanol–water partition coefficient (Wildman–Crippen LogP) is 2.34. The second-order valence-corrected chi connectivity index (χ2v) is 6.37. The summed E-state index contributed by atoms with van der Waals surface area (Å²) in [6, 6.07) is 0.686. The van der Waals surface area contributed by atoms with Gasteiger partial charge in [-0.3, -0.25) is 4.79 Å². The highest BCUT2D eigenvalue weighted by atomic mass is 16.4. The van der Waals surface area contributed by atoms with Gasteiger partial charge in [-0.05, 0) is 65.5 Å². The van der Waals surface area contributed by atoms with E-state index in [1.54, 1.807) is 14.0 Å². The lowest BCUT2D eigenvalue weighted by molar-refractivity contribution is -0.144. The zero-order chi connectivity index (χ0) is 14.5. The molecule has 4 nitrogen and oxygen atoms in total. The van der Waals surface area contributed by atoms with Crippen LogP contribution in [0.4, 0.5) is 0 Å². The third kappa shape index (κ3) is 4.77.